The van der Waals surface area contributed by atoms with E-state index in [0.29, 0.717) is 32.5 Å². The normalized spacial score (nSPS) is 23.6. The third-order valence-corrected chi connectivity index (χ3v) is 18.7. The minimum Gasteiger partial charge on any atom is -0.363 e. The van der Waals surface area contributed by atoms with Crippen LogP contribution in [-0.2, 0) is 47.5 Å². The summed E-state index contributed by atoms with van der Waals surface area (Å²) in [6, 6.07) is 29.7. The predicted octanol–water partition coefficient (Wildman–Crippen LogP) is 11.8. The maximum Gasteiger partial charge on any atom is 0.246 e. The van der Waals surface area contributed by atoms with Gasteiger partial charge in [-0.25, -0.2) is 46.3 Å². The van der Waals surface area contributed by atoms with Crippen molar-refractivity contribution in [3.8, 4) is 33.9 Å². The molecule has 4 aromatic heterocycles. The van der Waals surface area contributed by atoms with E-state index in [2.05, 4.69) is 41.5 Å². The van der Waals surface area contributed by atoms with Crippen LogP contribution in [0.3, 0.4) is 0 Å². The molecule has 14 rings (SSSR count). The third kappa shape index (κ3) is 14.3. The highest BCUT2D eigenvalue weighted by atomic mass is 35.5. The van der Waals surface area contributed by atoms with E-state index >= 15 is 17.6 Å². The fourth-order valence-corrected chi connectivity index (χ4v) is 13.3. The predicted molar refractivity (Wildman–Crippen MR) is 352 cm³/mol. The second-order valence-corrected chi connectivity index (χ2v) is 25.9. The number of hydrogen-bond donors (Lipinski definition) is 2. The lowest BCUT2D eigenvalue weighted by atomic mass is 9.90. The van der Waals surface area contributed by atoms with Crippen LogP contribution in [0.15, 0.2) is 134 Å². The Kier molecular flexibility index (Phi) is 20.4. The van der Waals surface area contributed by atoms with Gasteiger partial charge < -0.3 is 48.5 Å². The molecule has 10 aromatic rings. The summed E-state index contributed by atoms with van der Waals surface area (Å²) in [6.45, 7) is 1.60. The van der Waals surface area contributed by atoms with E-state index in [1.54, 1.807) is 50.2 Å². The van der Waals surface area contributed by atoms with Gasteiger partial charge in [0.1, 0.15) is 130 Å². The molecule has 6 aromatic carbocycles. The maximum atomic E-state index is 15.0. The summed E-state index contributed by atoms with van der Waals surface area (Å²) in [5.74, 6) is -4.58. The number of amides is 2. The smallest absolute Gasteiger partial charge is 0.246 e. The summed E-state index contributed by atoms with van der Waals surface area (Å²) in [5.41, 5.74) is 2.07. The average molecular weight is 1490 g/mol. The van der Waals surface area contributed by atoms with Crippen LogP contribution in [0, 0.1) is 37.1 Å². The molecule has 34 heteroatoms. The van der Waals surface area contributed by atoms with Crippen molar-refractivity contribution in [1.82, 2.24) is 70.2 Å². The largest absolute Gasteiger partial charge is 0.363 e. The highest BCUT2D eigenvalue weighted by Gasteiger charge is 2.56. The zero-order valence-electron chi connectivity index (χ0n) is 52.1. The fraction of sp³-hybridized carbons (Fsp3) is 0.303. The number of benzene rings is 6. The van der Waals surface area contributed by atoms with E-state index in [-0.39, 0.29) is 82.2 Å². The van der Waals surface area contributed by atoms with Gasteiger partial charge in [-0.3, -0.25) is 9.59 Å². The number of hydrogen-bond acceptors (Lipinski definition) is 18. The minimum atomic E-state index is -1.29. The first-order valence-electron chi connectivity index (χ1n) is 30.9. The number of halogens is 10. The van der Waals surface area contributed by atoms with Crippen LogP contribution in [0.25, 0.3) is 33.9 Å². The Morgan fingerprint density at radius 1 is 0.530 bits per heavy atom. The number of nitrogens with zero attached hydrogens (tertiary/aromatic N) is 12. The number of nitrogens with one attached hydrogen (secondary N) is 2. The molecule has 100 heavy (non-hydrogen) atoms. The van der Waals surface area contributed by atoms with Gasteiger partial charge in [-0.05, 0) is 74.5 Å². The molecule has 0 radical (unpaired) electrons. The minimum absolute atomic E-state index is 0.00495. The lowest BCUT2D eigenvalue weighted by Crippen LogP contribution is -2.58. The van der Waals surface area contributed by atoms with Gasteiger partial charge >= 0.3 is 0 Å². The molecule has 2 unspecified atom stereocenters. The molecule has 0 aliphatic carbocycles. The third-order valence-electron chi connectivity index (χ3n) is 16.9. The quantitative estimate of drug-likeness (QED) is 0.0433. The van der Waals surface area contributed by atoms with Gasteiger partial charge in [0.25, 0.3) is 0 Å². The summed E-state index contributed by atoms with van der Waals surface area (Å²) in [5, 5.41) is 32.2. The molecular weight excluding hydrogens is 1440 g/mol. The summed E-state index contributed by atoms with van der Waals surface area (Å²) >= 11 is 38.4. The average Bonchev–Trinajstić information content (AvgIpc) is 1.34. The molecule has 4 aliphatic rings. The van der Waals surface area contributed by atoms with Gasteiger partial charge in [-0.1, -0.05) is 141 Å². The van der Waals surface area contributed by atoms with E-state index in [1.165, 1.54) is 31.1 Å². The molecule has 8 heterocycles. The number of fused-ring (bicyclic) bond motifs is 2. The van der Waals surface area contributed by atoms with Crippen molar-refractivity contribution >= 4 is 81.4 Å². The van der Waals surface area contributed by atoms with Crippen molar-refractivity contribution in [1.29, 1.82) is 0 Å². The van der Waals surface area contributed by atoms with Crippen LogP contribution < -0.4 is 10.6 Å². The van der Waals surface area contributed by atoms with Crippen molar-refractivity contribution in [3.63, 3.8) is 0 Å². The van der Waals surface area contributed by atoms with Crippen molar-refractivity contribution in [2.75, 3.05) is 39.5 Å². The van der Waals surface area contributed by atoms with Crippen LogP contribution in [0.1, 0.15) is 71.3 Å². The Morgan fingerprint density at radius 3 is 1.31 bits per heavy atom. The molecule has 2 amide bonds. The first kappa shape index (κ1) is 69.1. The SMILES string of the molecule is Cc1nc([C@H]2OC3CO[C@H](c4ccccc4)OC3[C@@H](n3cc(-c4cc(F)c(Cl)c(F)c4)nn3)[C@@H]2OCC(=O)NCCNC(=O)CO[C@@H]2[C@@H](n3cc(-c4cc(F)c(Cl)c(F)c4)nn3)[C@H]3O[C@@H](c4ccccc4)OC[C@H]3O[C@H]2c2nc(C)nn2-c2cc(Cl)ccc2Cl)n(-c2cc(Cl)ccc2Cl)n1. The highest BCUT2D eigenvalue weighted by molar-refractivity contribution is 6.35. The number of ether oxygens (including phenoxy) is 8. The second-order valence-electron chi connectivity index (χ2n) is 23.5. The lowest BCUT2D eigenvalue weighted by molar-refractivity contribution is -0.322. The van der Waals surface area contributed by atoms with E-state index in [1.807, 2.05) is 60.7 Å². The molecule has 24 nitrogen and oxygen atoms in total. The van der Waals surface area contributed by atoms with Crippen molar-refractivity contribution in [3.05, 3.63) is 222 Å². The maximum absolute atomic E-state index is 15.0. The standard InChI is InChI=1S/C66H54Cl6F4N14O10/c1-31-79-63(89(83-31)47-23-37(67)13-15-39(47)69)61-59(55(57-49(97-61)27-95-65(99-57)33-9-5-3-6-10-33)87-25-45(81-85-87)35-19-41(73)53(71)42(74)20-35)93-29-51(91)77-17-18-78-52(92)30-94-60-56(88-26-46(82-86-88)36-21-43(75)54(72)44(76)22-36)58-50(28-96-66(100-58)34-11-7-4-8-12-34)98-62(60)64-80-32(2)84-90(64)48-24-38(68)14-16-40(48)70/h3-16,19-26,49-50,55-62,65-66H,17-18,27-30H2,1-2H3,(H,77,91)(H,78,92)/t49-,50?,55+,56-,57+,58?,59-,60+,61-,62+,65+,66+/m1/s1. The molecule has 518 valence electrons. The molecule has 0 spiro atoms. The number of aromatic nitrogens is 12. The fourth-order valence-electron chi connectivity index (χ4n) is 12.4. The lowest BCUT2D eigenvalue weighted by Gasteiger charge is -2.49. The summed E-state index contributed by atoms with van der Waals surface area (Å²) in [6.07, 6.45) is -7.85. The Bertz CT molecular complexity index is 4350. The van der Waals surface area contributed by atoms with Crippen LogP contribution in [0.2, 0.25) is 30.1 Å². The van der Waals surface area contributed by atoms with E-state index in [4.69, 9.17) is 117 Å². The van der Waals surface area contributed by atoms with Crippen LogP contribution in [-0.4, -0.2) is 147 Å². The monoisotopic (exact) mass is 1490 g/mol. The zero-order valence-corrected chi connectivity index (χ0v) is 56.6. The molecular formula is C66H54Cl6F4N14O10. The van der Waals surface area contributed by atoms with Gasteiger partial charge in [0.2, 0.25) is 11.8 Å². The van der Waals surface area contributed by atoms with E-state index < -0.39 is 132 Å². The first-order valence-corrected chi connectivity index (χ1v) is 33.2. The molecule has 4 fully saturated rings. The van der Waals surface area contributed by atoms with Gasteiger partial charge in [0, 0.05) is 45.4 Å². The van der Waals surface area contributed by atoms with Crippen molar-refractivity contribution in [2.45, 2.75) is 87.3 Å². The highest BCUT2D eigenvalue weighted by Crippen LogP contribution is 2.48. The number of carbonyl (C=O) groups excluding carboxylic acids is 2. The van der Waals surface area contributed by atoms with Gasteiger partial charge in [0.15, 0.2) is 24.2 Å². The van der Waals surface area contributed by atoms with Gasteiger partial charge in [-0.2, -0.15) is 10.2 Å². The van der Waals surface area contributed by atoms with Crippen LogP contribution >= 0.6 is 69.6 Å². The number of carbonyl (C=O) groups is 2. The Balaban J connectivity index is 0.738. The molecule has 0 bridgehead atoms. The summed E-state index contributed by atoms with van der Waals surface area (Å²) in [4.78, 5) is 38.1. The van der Waals surface area contributed by atoms with E-state index in [9.17, 15) is 9.59 Å². The molecule has 4 aliphatic heterocycles. The van der Waals surface area contributed by atoms with Crippen molar-refractivity contribution < 1.29 is 65.0 Å². The summed E-state index contributed by atoms with van der Waals surface area (Å²) in [7, 11) is 0. The molecule has 0 saturated carbocycles. The second kappa shape index (κ2) is 29.5. The van der Waals surface area contributed by atoms with Crippen LogP contribution in [0.4, 0.5) is 17.6 Å². The Morgan fingerprint density at radius 2 is 0.920 bits per heavy atom. The zero-order chi connectivity index (χ0) is 69.6. The molecule has 12 atom stereocenters. The Labute approximate surface area is 595 Å². The summed E-state index contributed by atoms with van der Waals surface area (Å²) < 4.78 is 119. The van der Waals surface area contributed by atoms with Crippen molar-refractivity contribution in [2.24, 2.45) is 0 Å². The van der Waals surface area contributed by atoms with Gasteiger partial charge in [-0.15, -0.1) is 10.2 Å². The topological polar surface area (TPSA) is 255 Å². The van der Waals surface area contributed by atoms with Crippen LogP contribution in [0.5, 0.6) is 0 Å². The van der Waals surface area contributed by atoms with E-state index in [0.717, 1.165) is 24.3 Å². The Hall–Kier alpha value is -8.04. The first-order chi connectivity index (χ1) is 48.3. The number of rotatable bonds is 19. The molecule has 2 N–H and O–H groups in total. The number of aryl methyl sites for hydroxylation is 2. The van der Waals surface area contributed by atoms with Gasteiger partial charge in [0.05, 0.1) is 47.0 Å². The molecule has 4 saturated heterocycles.